The van der Waals surface area contributed by atoms with Crippen molar-refractivity contribution in [2.75, 3.05) is 51.8 Å². The van der Waals surface area contributed by atoms with Gasteiger partial charge in [-0.25, -0.2) is 4.98 Å². The zero-order valence-electron chi connectivity index (χ0n) is 23.0. The number of fused-ring (bicyclic) bond motifs is 1. The third-order valence-electron chi connectivity index (χ3n) is 8.81. The molecule has 1 aromatic carbocycles. The first-order valence-corrected chi connectivity index (χ1v) is 14.6. The molecule has 7 heteroatoms. The topological polar surface area (TPSA) is 71.8 Å². The zero-order chi connectivity index (χ0) is 26.0. The van der Waals surface area contributed by atoms with Crippen LogP contribution in [0.1, 0.15) is 57.6 Å². The highest BCUT2D eigenvalue weighted by Crippen LogP contribution is 2.49. The molecule has 38 heavy (non-hydrogen) atoms. The summed E-state index contributed by atoms with van der Waals surface area (Å²) in [5, 5.41) is 8.45. The van der Waals surface area contributed by atoms with E-state index in [1.165, 1.54) is 51.6 Å². The van der Waals surface area contributed by atoms with Crippen molar-refractivity contribution >= 4 is 16.6 Å². The highest BCUT2D eigenvalue weighted by molar-refractivity contribution is 5.95. The van der Waals surface area contributed by atoms with Gasteiger partial charge in [-0.2, -0.15) is 0 Å². The molecule has 6 rings (SSSR count). The van der Waals surface area contributed by atoms with Crippen molar-refractivity contribution in [1.82, 2.24) is 15.2 Å². The molecule has 1 saturated carbocycles. The first-order valence-electron chi connectivity index (χ1n) is 14.6. The minimum absolute atomic E-state index is 0.474. The molecule has 3 aliphatic rings. The zero-order valence-corrected chi connectivity index (χ0v) is 23.0. The number of pyridine rings is 1. The fourth-order valence-electron chi connectivity index (χ4n) is 6.61. The Morgan fingerprint density at radius 1 is 1.11 bits per heavy atom. The first-order chi connectivity index (χ1) is 18.6. The highest BCUT2D eigenvalue weighted by atomic mass is 16.5. The Morgan fingerprint density at radius 3 is 2.66 bits per heavy atom. The van der Waals surface area contributed by atoms with Gasteiger partial charge in [0.25, 0.3) is 0 Å². The Bertz CT molecular complexity index is 1240. The van der Waals surface area contributed by atoms with E-state index in [4.69, 9.17) is 18.9 Å². The van der Waals surface area contributed by atoms with Crippen molar-refractivity contribution in [1.29, 1.82) is 0 Å². The number of aromatic nitrogens is 1. The molecule has 4 heterocycles. The molecule has 3 fully saturated rings. The van der Waals surface area contributed by atoms with E-state index in [0.717, 1.165) is 77.8 Å². The fourth-order valence-corrected chi connectivity index (χ4v) is 6.61. The minimum Gasteiger partial charge on any atom is -0.493 e. The van der Waals surface area contributed by atoms with Crippen LogP contribution in [0, 0.1) is 5.41 Å². The molecule has 7 nitrogen and oxygen atoms in total. The van der Waals surface area contributed by atoms with E-state index in [1.54, 1.807) is 7.11 Å². The van der Waals surface area contributed by atoms with Gasteiger partial charge in [0.2, 0.25) is 0 Å². The lowest BCUT2D eigenvalue weighted by Crippen LogP contribution is -2.50. The van der Waals surface area contributed by atoms with E-state index in [0.29, 0.717) is 18.1 Å². The molecule has 2 aliphatic heterocycles. The standard InChI is InChI=1S/C31H42N4O3/c1-3-23-7-8-28(38-23)27-18-25(33-22-20-31(21-22)9-11-32-12-10-31)24-17-29(36-2)30(19-26(24)34-27)37-16-6-15-35-13-4-5-14-35/h7-8,17-19,22,32H,3-6,9-16,20-21H2,1-2H3,(H,33,34). The number of likely N-dealkylation sites (tertiary alicyclic amines) is 1. The molecular weight excluding hydrogens is 476 g/mol. The van der Waals surface area contributed by atoms with Crippen LogP contribution in [0.5, 0.6) is 11.5 Å². The number of benzene rings is 1. The Hall–Kier alpha value is -2.77. The normalized spacial score (nSPS) is 19.6. The summed E-state index contributed by atoms with van der Waals surface area (Å²) in [6.45, 7) is 8.58. The SMILES string of the molecule is CCc1ccc(-c2cc(NC3CC4(CCNCC4)C3)c3cc(OC)c(OCCCN4CCCC4)cc3n2)o1. The van der Waals surface area contributed by atoms with Gasteiger partial charge in [-0.05, 0) is 101 Å². The number of hydrogen-bond acceptors (Lipinski definition) is 7. The van der Waals surface area contributed by atoms with Crippen molar-refractivity contribution in [2.24, 2.45) is 5.41 Å². The summed E-state index contributed by atoms with van der Waals surface area (Å²) in [5.41, 5.74) is 3.35. The maximum Gasteiger partial charge on any atom is 0.163 e. The molecule has 3 aromatic rings. The summed E-state index contributed by atoms with van der Waals surface area (Å²) in [4.78, 5) is 7.55. The van der Waals surface area contributed by atoms with Crippen LogP contribution in [0.25, 0.3) is 22.4 Å². The van der Waals surface area contributed by atoms with Gasteiger partial charge in [0, 0.05) is 36.1 Å². The second kappa shape index (κ2) is 11.1. The van der Waals surface area contributed by atoms with Crippen molar-refractivity contribution in [2.45, 2.75) is 64.3 Å². The largest absolute Gasteiger partial charge is 0.493 e. The van der Waals surface area contributed by atoms with Crippen molar-refractivity contribution < 1.29 is 13.9 Å². The summed E-state index contributed by atoms with van der Waals surface area (Å²) < 4.78 is 18.1. The highest BCUT2D eigenvalue weighted by Gasteiger charge is 2.44. The van der Waals surface area contributed by atoms with Gasteiger partial charge in [0.05, 0.1) is 19.2 Å². The van der Waals surface area contributed by atoms with Gasteiger partial charge in [-0.1, -0.05) is 6.92 Å². The fraction of sp³-hybridized carbons (Fsp3) is 0.581. The number of furan rings is 1. The molecular formula is C31H42N4O3. The Kier molecular flexibility index (Phi) is 7.48. The summed E-state index contributed by atoms with van der Waals surface area (Å²) in [7, 11) is 1.72. The van der Waals surface area contributed by atoms with E-state index in [2.05, 4.69) is 34.6 Å². The number of rotatable bonds is 10. The van der Waals surface area contributed by atoms with Crippen LogP contribution in [0.3, 0.4) is 0 Å². The average Bonchev–Trinajstić information content (AvgIpc) is 3.63. The van der Waals surface area contributed by atoms with E-state index in [-0.39, 0.29) is 0 Å². The molecule has 1 spiro atoms. The number of anilines is 1. The summed E-state index contributed by atoms with van der Waals surface area (Å²) in [6.07, 6.45) is 9.53. The lowest BCUT2D eigenvalue weighted by Gasteiger charge is -2.51. The van der Waals surface area contributed by atoms with Crippen molar-refractivity contribution in [3.05, 3.63) is 36.1 Å². The summed E-state index contributed by atoms with van der Waals surface area (Å²) in [5.74, 6) is 3.29. The molecule has 2 saturated heterocycles. The van der Waals surface area contributed by atoms with Crippen molar-refractivity contribution in [3.8, 4) is 23.0 Å². The number of piperidine rings is 1. The maximum absolute atomic E-state index is 6.25. The van der Waals surface area contributed by atoms with Gasteiger partial charge in [0.1, 0.15) is 11.5 Å². The minimum atomic E-state index is 0.474. The van der Waals surface area contributed by atoms with Gasteiger partial charge in [0.15, 0.2) is 17.3 Å². The van der Waals surface area contributed by atoms with Crippen LogP contribution >= 0.6 is 0 Å². The molecule has 1 aliphatic carbocycles. The molecule has 0 unspecified atom stereocenters. The van der Waals surface area contributed by atoms with E-state index in [1.807, 2.05) is 18.2 Å². The predicted molar refractivity (Wildman–Crippen MR) is 152 cm³/mol. The van der Waals surface area contributed by atoms with Crippen LogP contribution < -0.4 is 20.1 Å². The van der Waals surface area contributed by atoms with E-state index >= 15 is 0 Å². The molecule has 0 atom stereocenters. The molecule has 0 bridgehead atoms. The Labute approximate surface area is 226 Å². The van der Waals surface area contributed by atoms with Crippen LogP contribution in [0.15, 0.2) is 34.7 Å². The number of hydrogen-bond donors (Lipinski definition) is 2. The van der Waals surface area contributed by atoms with E-state index < -0.39 is 0 Å². The van der Waals surface area contributed by atoms with Gasteiger partial charge in [-0.15, -0.1) is 0 Å². The maximum atomic E-state index is 6.25. The van der Waals surface area contributed by atoms with Crippen molar-refractivity contribution in [3.63, 3.8) is 0 Å². The Morgan fingerprint density at radius 2 is 1.92 bits per heavy atom. The first kappa shape index (κ1) is 25.5. The van der Waals surface area contributed by atoms with Crippen LogP contribution in [-0.2, 0) is 6.42 Å². The van der Waals surface area contributed by atoms with Crippen LogP contribution in [0.2, 0.25) is 0 Å². The second-order valence-corrected chi connectivity index (χ2v) is 11.4. The monoisotopic (exact) mass is 518 g/mol. The smallest absolute Gasteiger partial charge is 0.163 e. The third-order valence-corrected chi connectivity index (χ3v) is 8.81. The third kappa shape index (κ3) is 5.36. The number of nitrogens with one attached hydrogen (secondary N) is 2. The average molecular weight is 519 g/mol. The van der Waals surface area contributed by atoms with E-state index in [9.17, 15) is 0 Å². The molecule has 0 radical (unpaired) electrons. The van der Waals surface area contributed by atoms with Gasteiger partial charge >= 0.3 is 0 Å². The number of methoxy groups -OCH3 is 1. The summed E-state index contributed by atoms with van der Waals surface area (Å²) >= 11 is 0. The quantitative estimate of drug-likeness (QED) is 0.325. The Balaban J connectivity index is 1.26. The molecule has 0 amide bonds. The lowest BCUT2D eigenvalue weighted by atomic mass is 9.60. The van der Waals surface area contributed by atoms with Crippen LogP contribution in [0.4, 0.5) is 5.69 Å². The van der Waals surface area contributed by atoms with Gasteiger partial charge in [-0.3, -0.25) is 0 Å². The second-order valence-electron chi connectivity index (χ2n) is 11.4. The number of ether oxygens (including phenoxy) is 2. The lowest BCUT2D eigenvalue weighted by molar-refractivity contribution is 0.0719. The molecule has 204 valence electrons. The number of nitrogens with zero attached hydrogens (tertiary/aromatic N) is 2. The molecule has 2 aromatic heterocycles. The summed E-state index contributed by atoms with van der Waals surface area (Å²) in [6, 6.07) is 10.8. The van der Waals surface area contributed by atoms with Crippen LogP contribution in [-0.4, -0.2) is 62.4 Å². The molecule has 2 N–H and O–H groups in total. The van der Waals surface area contributed by atoms with Gasteiger partial charge < -0.3 is 29.4 Å². The predicted octanol–water partition coefficient (Wildman–Crippen LogP) is 5.87. The number of aryl methyl sites for hydroxylation is 1.